The van der Waals surface area contributed by atoms with E-state index < -0.39 is 23.9 Å². The summed E-state index contributed by atoms with van der Waals surface area (Å²) in [6.45, 7) is 1.94. The number of nitrogens with zero attached hydrogens (tertiary/aromatic N) is 1. The number of aliphatic hydroxyl groups excluding tert-OH is 1. The molecule has 2 aliphatic rings. The van der Waals surface area contributed by atoms with Crippen molar-refractivity contribution < 1.29 is 23.1 Å². The molecule has 24 heavy (non-hydrogen) atoms. The maximum atomic E-state index is 13.3. The minimum absolute atomic E-state index is 0.0485. The summed E-state index contributed by atoms with van der Waals surface area (Å²) in [7, 11) is 0. The average Bonchev–Trinajstić information content (AvgIpc) is 3.29. The van der Waals surface area contributed by atoms with Gasteiger partial charge in [-0.2, -0.15) is 13.2 Å². The molecule has 130 valence electrons. The minimum atomic E-state index is -4.49. The van der Waals surface area contributed by atoms with Gasteiger partial charge in [0.15, 0.2) is 0 Å². The minimum Gasteiger partial charge on any atom is -0.391 e. The molecule has 0 spiro atoms. The van der Waals surface area contributed by atoms with E-state index in [1.54, 1.807) is 0 Å². The standard InChI is InChI=1S/C18H20F3NO2/c1-11(12-6-7-12)8-17(24)22-10-13(23)9-16(22)14-4-2-3-5-15(14)18(19,20)21/h2-5,8,12-13,16,23H,6-7,9-10H2,1H3/b11-8+. The summed E-state index contributed by atoms with van der Waals surface area (Å²) in [6.07, 6.45) is -1.56. The molecule has 3 nitrogen and oxygen atoms in total. The third-order valence-corrected chi connectivity index (χ3v) is 4.76. The van der Waals surface area contributed by atoms with Crippen LogP contribution in [0.2, 0.25) is 0 Å². The van der Waals surface area contributed by atoms with Gasteiger partial charge in [0.2, 0.25) is 5.91 Å². The molecule has 1 N–H and O–H groups in total. The highest BCUT2D eigenvalue weighted by Crippen LogP contribution is 2.41. The van der Waals surface area contributed by atoms with E-state index in [0.29, 0.717) is 5.92 Å². The first kappa shape index (κ1) is 17.0. The van der Waals surface area contributed by atoms with Gasteiger partial charge in [0.05, 0.1) is 17.7 Å². The van der Waals surface area contributed by atoms with Gasteiger partial charge in [0.25, 0.3) is 0 Å². The smallest absolute Gasteiger partial charge is 0.391 e. The quantitative estimate of drug-likeness (QED) is 0.853. The van der Waals surface area contributed by atoms with Gasteiger partial charge in [-0.25, -0.2) is 0 Å². The highest BCUT2D eigenvalue weighted by molar-refractivity contribution is 5.89. The molecule has 1 heterocycles. The van der Waals surface area contributed by atoms with E-state index in [0.717, 1.165) is 24.5 Å². The van der Waals surface area contributed by atoms with Crippen molar-refractivity contribution in [1.29, 1.82) is 0 Å². The monoisotopic (exact) mass is 339 g/mol. The Labute approximate surface area is 138 Å². The van der Waals surface area contributed by atoms with E-state index >= 15 is 0 Å². The second kappa shape index (κ2) is 6.24. The topological polar surface area (TPSA) is 40.5 Å². The lowest BCUT2D eigenvalue weighted by molar-refractivity contribution is -0.139. The molecule has 2 unspecified atom stereocenters. The first-order chi connectivity index (χ1) is 11.3. The SMILES string of the molecule is C/C(=C\C(=O)N1CC(O)CC1c1ccccc1C(F)(F)F)C1CC1. The Kier molecular flexibility index (Phi) is 4.42. The van der Waals surface area contributed by atoms with Gasteiger partial charge in [-0.05, 0) is 43.7 Å². The van der Waals surface area contributed by atoms with Crippen LogP contribution in [0.1, 0.15) is 43.4 Å². The lowest BCUT2D eigenvalue weighted by Crippen LogP contribution is -2.31. The molecule has 1 aliphatic heterocycles. The Morgan fingerprint density at radius 1 is 1.29 bits per heavy atom. The molecule has 0 radical (unpaired) electrons. The highest BCUT2D eigenvalue weighted by atomic mass is 19.4. The molecular weight excluding hydrogens is 319 g/mol. The Morgan fingerprint density at radius 3 is 2.58 bits per heavy atom. The van der Waals surface area contributed by atoms with Crippen LogP contribution in [0.5, 0.6) is 0 Å². The third-order valence-electron chi connectivity index (χ3n) is 4.76. The van der Waals surface area contributed by atoms with Crippen molar-refractivity contribution >= 4 is 5.91 Å². The van der Waals surface area contributed by atoms with Crippen LogP contribution in [0.25, 0.3) is 0 Å². The second-order valence-electron chi connectivity index (χ2n) is 6.64. The van der Waals surface area contributed by atoms with Crippen molar-refractivity contribution in [2.45, 2.75) is 44.5 Å². The molecule has 0 bridgehead atoms. The van der Waals surface area contributed by atoms with E-state index in [1.807, 2.05) is 6.92 Å². The highest BCUT2D eigenvalue weighted by Gasteiger charge is 2.41. The van der Waals surface area contributed by atoms with Crippen LogP contribution in [0.15, 0.2) is 35.9 Å². The van der Waals surface area contributed by atoms with Gasteiger partial charge in [-0.1, -0.05) is 23.8 Å². The fourth-order valence-corrected chi connectivity index (χ4v) is 3.33. The summed E-state index contributed by atoms with van der Waals surface area (Å²) in [5.41, 5.74) is 0.265. The molecular formula is C18H20F3NO2. The number of halogens is 3. The molecule has 2 fully saturated rings. The zero-order valence-corrected chi connectivity index (χ0v) is 13.4. The van der Waals surface area contributed by atoms with Crippen molar-refractivity contribution in [3.63, 3.8) is 0 Å². The first-order valence-corrected chi connectivity index (χ1v) is 8.10. The molecule has 3 rings (SSSR count). The number of hydrogen-bond donors (Lipinski definition) is 1. The van der Waals surface area contributed by atoms with Gasteiger partial charge in [-0.3, -0.25) is 4.79 Å². The van der Waals surface area contributed by atoms with Crippen molar-refractivity contribution in [3.8, 4) is 0 Å². The molecule has 1 saturated heterocycles. The number of carbonyl (C=O) groups is 1. The summed E-state index contributed by atoms with van der Waals surface area (Å²) in [4.78, 5) is 13.9. The van der Waals surface area contributed by atoms with Gasteiger partial charge in [-0.15, -0.1) is 0 Å². The first-order valence-electron chi connectivity index (χ1n) is 8.10. The van der Waals surface area contributed by atoms with E-state index in [1.165, 1.54) is 29.2 Å². The maximum Gasteiger partial charge on any atom is 0.416 e. The molecule has 1 aliphatic carbocycles. The summed E-state index contributed by atoms with van der Waals surface area (Å²) in [6, 6.07) is 4.52. The second-order valence-corrected chi connectivity index (χ2v) is 6.64. The number of aliphatic hydroxyl groups is 1. The Bertz CT molecular complexity index is 664. The van der Waals surface area contributed by atoms with Gasteiger partial charge < -0.3 is 10.0 Å². The van der Waals surface area contributed by atoms with Crippen molar-refractivity contribution in [2.75, 3.05) is 6.54 Å². The number of likely N-dealkylation sites (tertiary alicyclic amines) is 1. The Hall–Kier alpha value is -1.82. The number of alkyl halides is 3. The molecule has 0 aromatic heterocycles. The van der Waals surface area contributed by atoms with Crippen LogP contribution in [0.4, 0.5) is 13.2 Å². The zero-order chi connectivity index (χ0) is 17.5. The predicted octanol–water partition coefficient (Wildman–Crippen LogP) is 3.70. The van der Waals surface area contributed by atoms with E-state index in [-0.39, 0.29) is 24.4 Å². The molecule has 2 atom stereocenters. The number of carbonyl (C=O) groups excluding carboxylic acids is 1. The summed E-state index contributed by atoms with van der Waals surface area (Å²) in [5.74, 6) is 0.0975. The van der Waals surface area contributed by atoms with Crippen LogP contribution in [-0.4, -0.2) is 28.6 Å². The van der Waals surface area contributed by atoms with Crippen LogP contribution in [-0.2, 0) is 11.0 Å². The van der Waals surface area contributed by atoms with Crippen LogP contribution in [0, 0.1) is 5.92 Å². The lowest BCUT2D eigenvalue weighted by Gasteiger charge is -2.26. The van der Waals surface area contributed by atoms with E-state index in [4.69, 9.17) is 0 Å². The number of amides is 1. The van der Waals surface area contributed by atoms with Gasteiger partial charge in [0.1, 0.15) is 0 Å². The van der Waals surface area contributed by atoms with Gasteiger partial charge in [0, 0.05) is 12.6 Å². The molecule has 1 aromatic carbocycles. The van der Waals surface area contributed by atoms with Crippen LogP contribution in [0.3, 0.4) is 0 Å². The summed E-state index contributed by atoms with van der Waals surface area (Å²) in [5, 5.41) is 9.93. The van der Waals surface area contributed by atoms with Crippen LogP contribution >= 0.6 is 0 Å². The van der Waals surface area contributed by atoms with Crippen molar-refractivity contribution in [1.82, 2.24) is 4.90 Å². The fourth-order valence-electron chi connectivity index (χ4n) is 3.33. The normalized spacial score (nSPS) is 25.2. The Balaban J connectivity index is 1.91. The van der Waals surface area contributed by atoms with Crippen molar-refractivity contribution in [3.05, 3.63) is 47.0 Å². The molecule has 1 saturated carbocycles. The van der Waals surface area contributed by atoms with Crippen LogP contribution < -0.4 is 0 Å². The third kappa shape index (κ3) is 3.48. The fraction of sp³-hybridized carbons (Fsp3) is 0.500. The number of hydrogen-bond acceptors (Lipinski definition) is 2. The zero-order valence-electron chi connectivity index (χ0n) is 13.4. The molecule has 1 aromatic rings. The number of rotatable bonds is 3. The number of β-amino-alcohol motifs (C(OH)–C–C–N with tert-alkyl or cyclic N) is 1. The molecule has 6 heteroatoms. The largest absolute Gasteiger partial charge is 0.416 e. The summed E-state index contributed by atoms with van der Waals surface area (Å²) >= 11 is 0. The lowest BCUT2D eigenvalue weighted by atomic mass is 9.97. The van der Waals surface area contributed by atoms with Gasteiger partial charge >= 0.3 is 6.18 Å². The van der Waals surface area contributed by atoms with E-state index in [9.17, 15) is 23.1 Å². The van der Waals surface area contributed by atoms with E-state index in [2.05, 4.69) is 0 Å². The number of allylic oxidation sites excluding steroid dienone is 1. The Morgan fingerprint density at radius 2 is 1.96 bits per heavy atom. The summed E-state index contributed by atoms with van der Waals surface area (Å²) < 4.78 is 39.8. The predicted molar refractivity (Wildman–Crippen MR) is 83.0 cm³/mol. The van der Waals surface area contributed by atoms with Crippen molar-refractivity contribution in [2.24, 2.45) is 5.92 Å². The number of benzene rings is 1. The molecule has 1 amide bonds. The maximum absolute atomic E-state index is 13.3. The average molecular weight is 339 g/mol.